The number of hydrogen-bond donors (Lipinski definition) is 1. The number of nitrogens with two attached hydrogens (primary N) is 1. The summed E-state index contributed by atoms with van der Waals surface area (Å²) in [4.78, 5) is 23.9. The third kappa shape index (κ3) is 3.90. The Bertz CT molecular complexity index is 728. The number of carbonyl (C=O) groups excluding carboxylic acids is 2. The van der Waals surface area contributed by atoms with Gasteiger partial charge in [0.05, 0.1) is 12.1 Å². The van der Waals surface area contributed by atoms with Crippen molar-refractivity contribution < 1.29 is 19.1 Å². The lowest BCUT2D eigenvalue weighted by molar-refractivity contribution is -0.144. The predicted molar refractivity (Wildman–Crippen MR) is 87.1 cm³/mol. The number of aromatic nitrogens is 1. The Labute approximate surface area is 135 Å². The zero-order chi connectivity index (χ0) is 17.2. The molecule has 0 fully saturated rings. The van der Waals surface area contributed by atoms with Gasteiger partial charge >= 0.3 is 12.1 Å². The summed E-state index contributed by atoms with van der Waals surface area (Å²) in [5.74, 6) is -0.474. The van der Waals surface area contributed by atoms with E-state index in [-0.39, 0.29) is 6.61 Å². The van der Waals surface area contributed by atoms with Gasteiger partial charge in [0.1, 0.15) is 11.6 Å². The Balaban J connectivity index is 2.30. The second-order valence-corrected chi connectivity index (χ2v) is 6.21. The van der Waals surface area contributed by atoms with Gasteiger partial charge in [0.15, 0.2) is 0 Å². The highest BCUT2D eigenvalue weighted by atomic mass is 16.6. The SMILES string of the molecule is CCOC(=O)C(N)c1ccc2c(ccn2C(=O)OC(C)(C)C)c1. The van der Waals surface area contributed by atoms with E-state index < -0.39 is 23.7 Å². The van der Waals surface area contributed by atoms with Gasteiger partial charge in [-0.05, 0) is 51.5 Å². The summed E-state index contributed by atoms with van der Waals surface area (Å²) in [6, 6.07) is 6.17. The molecule has 1 aromatic heterocycles. The predicted octanol–water partition coefficient (Wildman–Crippen LogP) is 2.99. The molecule has 1 atom stereocenters. The number of carbonyl (C=O) groups is 2. The fourth-order valence-electron chi connectivity index (χ4n) is 2.19. The highest BCUT2D eigenvalue weighted by Gasteiger charge is 2.21. The van der Waals surface area contributed by atoms with Crippen LogP contribution in [-0.2, 0) is 14.3 Å². The number of nitrogens with zero attached hydrogens (tertiary/aromatic N) is 1. The van der Waals surface area contributed by atoms with Gasteiger partial charge in [-0.2, -0.15) is 0 Å². The van der Waals surface area contributed by atoms with E-state index in [0.29, 0.717) is 11.1 Å². The minimum Gasteiger partial charge on any atom is -0.465 e. The fourth-order valence-corrected chi connectivity index (χ4v) is 2.19. The molecule has 0 saturated carbocycles. The van der Waals surface area contributed by atoms with Crippen LogP contribution >= 0.6 is 0 Å². The number of rotatable bonds is 3. The van der Waals surface area contributed by atoms with Crippen LogP contribution in [0, 0.1) is 0 Å². The maximum atomic E-state index is 12.2. The van der Waals surface area contributed by atoms with Crippen LogP contribution in [-0.4, -0.2) is 28.8 Å². The summed E-state index contributed by atoms with van der Waals surface area (Å²) in [5, 5.41) is 0.799. The third-order valence-corrected chi connectivity index (χ3v) is 3.20. The van der Waals surface area contributed by atoms with Crippen LogP contribution in [0.1, 0.15) is 39.3 Å². The van der Waals surface area contributed by atoms with Gasteiger partial charge in [0.2, 0.25) is 0 Å². The Hall–Kier alpha value is -2.34. The van der Waals surface area contributed by atoms with Crippen LogP contribution in [0.5, 0.6) is 0 Å². The third-order valence-electron chi connectivity index (χ3n) is 3.20. The highest BCUT2D eigenvalue weighted by molar-refractivity contribution is 5.90. The first-order chi connectivity index (χ1) is 10.7. The molecule has 1 unspecified atom stereocenters. The van der Waals surface area contributed by atoms with Gasteiger partial charge in [0, 0.05) is 11.6 Å². The van der Waals surface area contributed by atoms with E-state index in [1.165, 1.54) is 4.57 Å². The van der Waals surface area contributed by atoms with Crippen molar-refractivity contribution in [2.45, 2.75) is 39.3 Å². The van der Waals surface area contributed by atoms with Crippen LogP contribution < -0.4 is 5.73 Å². The molecule has 1 heterocycles. The van der Waals surface area contributed by atoms with Gasteiger partial charge in [-0.15, -0.1) is 0 Å². The molecule has 0 amide bonds. The largest absolute Gasteiger partial charge is 0.465 e. The monoisotopic (exact) mass is 318 g/mol. The van der Waals surface area contributed by atoms with Gasteiger partial charge in [-0.25, -0.2) is 9.59 Å². The molecular weight excluding hydrogens is 296 g/mol. The number of benzene rings is 1. The lowest BCUT2D eigenvalue weighted by Crippen LogP contribution is -2.26. The Kier molecular flexibility index (Phi) is 4.75. The summed E-state index contributed by atoms with van der Waals surface area (Å²) in [6.07, 6.45) is 1.19. The molecule has 0 bridgehead atoms. The van der Waals surface area contributed by atoms with Gasteiger partial charge < -0.3 is 15.2 Å². The summed E-state index contributed by atoms with van der Waals surface area (Å²) < 4.78 is 11.7. The van der Waals surface area contributed by atoms with Gasteiger partial charge in [-0.1, -0.05) is 6.07 Å². The van der Waals surface area contributed by atoms with Gasteiger partial charge in [-0.3, -0.25) is 4.57 Å². The smallest absolute Gasteiger partial charge is 0.418 e. The van der Waals surface area contributed by atoms with Crippen molar-refractivity contribution in [2.24, 2.45) is 5.73 Å². The summed E-state index contributed by atoms with van der Waals surface area (Å²) in [6.45, 7) is 7.45. The molecule has 23 heavy (non-hydrogen) atoms. The molecule has 2 rings (SSSR count). The summed E-state index contributed by atoms with van der Waals surface area (Å²) in [5.41, 5.74) is 6.65. The second-order valence-electron chi connectivity index (χ2n) is 6.21. The van der Waals surface area contributed by atoms with Crippen molar-refractivity contribution in [3.63, 3.8) is 0 Å². The van der Waals surface area contributed by atoms with Crippen LogP contribution in [0.15, 0.2) is 30.5 Å². The molecule has 0 saturated heterocycles. The standard InChI is InChI=1S/C17H22N2O4/c1-5-22-15(20)14(18)12-6-7-13-11(10-12)8-9-19(13)16(21)23-17(2,3)4/h6-10,14H,5,18H2,1-4H3. The Morgan fingerprint density at radius 2 is 1.96 bits per heavy atom. The van der Waals surface area contributed by atoms with Crippen molar-refractivity contribution in [3.05, 3.63) is 36.0 Å². The number of fused-ring (bicyclic) bond motifs is 1. The topological polar surface area (TPSA) is 83.5 Å². The van der Waals surface area contributed by atoms with Crippen LogP contribution in [0.2, 0.25) is 0 Å². The van der Waals surface area contributed by atoms with E-state index in [1.54, 1.807) is 37.4 Å². The molecule has 2 aromatic rings. The molecule has 6 nitrogen and oxygen atoms in total. The number of esters is 1. The quantitative estimate of drug-likeness (QED) is 0.880. The van der Waals surface area contributed by atoms with Crippen molar-refractivity contribution in [3.8, 4) is 0 Å². The van der Waals surface area contributed by atoms with Crippen molar-refractivity contribution in [1.82, 2.24) is 4.57 Å². The van der Waals surface area contributed by atoms with E-state index in [0.717, 1.165) is 5.39 Å². The molecule has 6 heteroatoms. The second kappa shape index (κ2) is 6.42. The van der Waals surface area contributed by atoms with E-state index >= 15 is 0 Å². The van der Waals surface area contributed by atoms with Crippen molar-refractivity contribution in [2.75, 3.05) is 6.61 Å². The first-order valence-electron chi connectivity index (χ1n) is 7.49. The molecule has 0 aliphatic carbocycles. The molecule has 2 N–H and O–H groups in total. The molecule has 1 aromatic carbocycles. The molecular formula is C17H22N2O4. The molecule has 0 aliphatic rings. The van der Waals surface area contributed by atoms with E-state index in [1.807, 2.05) is 20.8 Å². The maximum Gasteiger partial charge on any atom is 0.418 e. The number of ether oxygens (including phenoxy) is 2. The molecule has 124 valence electrons. The summed E-state index contributed by atoms with van der Waals surface area (Å²) >= 11 is 0. The lowest BCUT2D eigenvalue weighted by Gasteiger charge is -2.19. The molecule has 0 aliphatic heterocycles. The zero-order valence-corrected chi connectivity index (χ0v) is 13.8. The minimum atomic E-state index is -0.843. The Morgan fingerprint density at radius 3 is 2.57 bits per heavy atom. The summed E-state index contributed by atoms with van der Waals surface area (Å²) in [7, 11) is 0. The van der Waals surface area contributed by atoms with Crippen LogP contribution in [0.4, 0.5) is 4.79 Å². The Morgan fingerprint density at radius 1 is 1.26 bits per heavy atom. The highest BCUT2D eigenvalue weighted by Crippen LogP contribution is 2.22. The van der Waals surface area contributed by atoms with Crippen LogP contribution in [0.25, 0.3) is 10.9 Å². The fraction of sp³-hybridized carbons (Fsp3) is 0.412. The zero-order valence-electron chi connectivity index (χ0n) is 13.8. The normalized spacial score (nSPS) is 12.9. The minimum absolute atomic E-state index is 0.282. The van der Waals surface area contributed by atoms with Crippen molar-refractivity contribution in [1.29, 1.82) is 0 Å². The van der Waals surface area contributed by atoms with E-state index in [2.05, 4.69) is 0 Å². The van der Waals surface area contributed by atoms with Gasteiger partial charge in [0.25, 0.3) is 0 Å². The van der Waals surface area contributed by atoms with E-state index in [9.17, 15) is 9.59 Å². The number of hydrogen-bond acceptors (Lipinski definition) is 5. The first-order valence-corrected chi connectivity index (χ1v) is 7.49. The maximum absolute atomic E-state index is 12.2. The van der Waals surface area contributed by atoms with Crippen LogP contribution in [0.3, 0.4) is 0 Å². The molecule has 0 radical (unpaired) electrons. The average molecular weight is 318 g/mol. The average Bonchev–Trinajstić information content (AvgIpc) is 2.87. The first kappa shape index (κ1) is 17.0. The lowest BCUT2D eigenvalue weighted by atomic mass is 10.1. The van der Waals surface area contributed by atoms with E-state index in [4.69, 9.17) is 15.2 Å². The molecule has 0 spiro atoms. The van der Waals surface area contributed by atoms with Crippen molar-refractivity contribution >= 4 is 23.0 Å².